The van der Waals surface area contributed by atoms with Gasteiger partial charge in [-0.1, -0.05) is 0 Å². The summed E-state index contributed by atoms with van der Waals surface area (Å²) in [5.74, 6) is 0.903. The molecule has 0 bridgehead atoms. The van der Waals surface area contributed by atoms with Gasteiger partial charge in [-0.25, -0.2) is 0 Å². The number of ether oxygens (including phenoxy) is 1. The van der Waals surface area contributed by atoms with Crippen molar-refractivity contribution in [2.24, 2.45) is 11.8 Å². The molecule has 2 heteroatoms. The summed E-state index contributed by atoms with van der Waals surface area (Å²) in [5.41, 5.74) is 0. The SMILES string of the molecule is N#CC1COC2CCC2C1. The molecule has 0 N–H and O–H groups in total. The molecule has 0 aromatic rings. The molecule has 0 radical (unpaired) electrons. The van der Waals surface area contributed by atoms with Crippen molar-refractivity contribution >= 4 is 0 Å². The number of fused-ring (bicyclic) bond motifs is 1. The van der Waals surface area contributed by atoms with Crippen LogP contribution in [0.25, 0.3) is 0 Å². The summed E-state index contributed by atoms with van der Waals surface area (Å²) in [4.78, 5) is 0. The van der Waals surface area contributed by atoms with Crippen LogP contribution < -0.4 is 0 Å². The van der Waals surface area contributed by atoms with Crippen molar-refractivity contribution < 1.29 is 4.74 Å². The van der Waals surface area contributed by atoms with Crippen LogP contribution in [0, 0.1) is 23.2 Å². The fourth-order valence-electron chi connectivity index (χ4n) is 1.79. The predicted molar refractivity (Wildman–Crippen MR) is 36.2 cm³/mol. The quantitative estimate of drug-likeness (QED) is 0.504. The minimum atomic E-state index is 0.182. The smallest absolute Gasteiger partial charge is 0.0701 e. The van der Waals surface area contributed by atoms with Gasteiger partial charge in [-0.05, 0) is 25.2 Å². The van der Waals surface area contributed by atoms with Crippen LogP contribution in [0.3, 0.4) is 0 Å². The third kappa shape index (κ3) is 0.819. The Morgan fingerprint density at radius 1 is 1.40 bits per heavy atom. The summed E-state index contributed by atoms with van der Waals surface area (Å²) < 4.78 is 5.46. The summed E-state index contributed by atoms with van der Waals surface area (Å²) in [6, 6.07) is 2.26. The topological polar surface area (TPSA) is 33.0 Å². The van der Waals surface area contributed by atoms with Crippen LogP contribution in [-0.2, 0) is 4.74 Å². The van der Waals surface area contributed by atoms with Gasteiger partial charge in [0, 0.05) is 0 Å². The molecule has 1 heterocycles. The van der Waals surface area contributed by atoms with E-state index < -0.39 is 0 Å². The number of hydrogen-bond acceptors (Lipinski definition) is 2. The van der Waals surface area contributed by atoms with E-state index in [2.05, 4.69) is 6.07 Å². The van der Waals surface area contributed by atoms with Crippen molar-refractivity contribution in [3.63, 3.8) is 0 Å². The average Bonchev–Trinajstić information content (AvgIpc) is 1.92. The first-order valence-corrected chi connectivity index (χ1v) is 3.91. The molecule has 0 aromatic heterocycles. The molecular weight excluding hydrogens is 126 g/mol. The highest BCUT2D eigenvalue weighted by molar-refractivity contribution is 4.94. The lowest BCUT2D eigenvalue weighted by molar-refractivity contribution is -0.0969. The first-order chi connectivity index (χ1) is 4.90. The van der Waals surface area contributed by atoms with Crippen LogP contribution in [0.4, 0.5) is 0 Å². The Balaban J connectivity index is 1.93. The van der Waals surface area contributed by atoms with E-state index in [0.717, 1.165) is 12.3 Å². The zero-order chi connectivity index (χ0) is 6.97. The molecule has 0 aromatic carbocycles. The molecule has 2 aliphatic rings. The van der Waals surface area contributed by atoms with Crippen LogP contribution in [-0.4, -0.2) is 12.7 Å². The monoisotopic (exact) mass is 137 g/mol. The van der Waals surface area contributed by atoms with Crippen molar-refractivity contribution in [2.45, 2.75) is 25.4 Å². The first-order valence-electron chi connectivity index (χ1n) is 3.91. The van der Waals surface area contributed by atoms with Crippen molar-refractivity contribution in [2.75, 3.05) is 6.61 Å². The molecule has 1 saturated carbocycles. The van der Waals surface area contributed by atoms with E-state index >= 15 is 0 Å². The molecule has 3 atom stereocenters. The van der Waals surface area contributed by atoms with Gasteiger partial charge in [-0.15, -0.1) is 0 Å². The maximum atomic E-state index is 8.59. The van der Waals surface area contributed by atoms with Crippen molar-refractivity contribution in [1.29, 1.82) is 5.26 Å². The van der Waals surface area contributed by atoms with Gasteiger partial charge >= 0.3 is 0 Å². The molecule has 3 unspecified atom stereocenters. The fraction of sp³-hybridized carbons (Fsp3) is 0.875. The molecule has 10 heavy (non-hydrogen) atoms. The Morgan fingerprint density at radius 2 is 2.30 bits per heavy atom. The van der Waals surface area contributed by atoms with Gasteiger partial charge in [0.25, 0.3) is 0 Å². The Hall–Kier alpha value is -0.550. The lowest BCUT2D eigenvalue weighted by Crippen LogP contribution is -2.41. The summed E-state index contributed by atoms with van der Waals surface area (Å²) >= 11 is 0. The normalized spacial score (nSPS) is 44.9. The molecule has 1 aliphatic carbocycles. The minimum Gasteiger partial charge on any atom is -0.377 e. The van der Waals surface area contributed by atoms with E-state index in [-0.39, 0.29) is 5.92 Å². The van der Waals surface area contributed by atoms with E-state index in [0.29, 0.717) is 12.7 Å². The first kappa shape index (κ1) is 6.18. The van der Waals surface area contributed by atoms with Gasteiger partial charge < -0.3 is 4.74 Å². The highest BCUT2D eigenvalue weighted by Crippen LogP contribution is 2.38. The van der Waals surface area contributed by atoms with Crippen LogP contribution in [0.2, 0.25) is 0 Å². The molecule has 1 saturated heterocycles. The molecule has 2 nitrogen and oxygen atoms in total. The Bertz CT molecular complexity index is 173. The third-order valence-corrected chi connectivity index (χ3v) is 2.63. The zero-order valence-electron chi connectivity index (χ0n) is 5.92. The van der Waals surface area contributed by atoms with Gasteiger partial charge in [-0.3, -0.25) is 0 Å². The number of nitriles is 1. The standard InChI is InChI=1S/C8H11NO/c9-4-6-3-7-1-2-8(7)10-5-6/h6-8H,1-3,5H2. The summed E-state index contributed by atoms with van der Waals surface area (Å²) in [7, 11) is 0. The van der Waals surface area contributed by atoms with E-state index in [1.165, 1.54) is 12.8 Å². The van der Waals surface area contributed by atoms with Crippen LogP contribution >= 0.6 is 0 Å². The molecular formula is C8H11NO. The second-order valence-corrected chi connectivity index (χ2v) is 3.27. The predicted octanol–water partition coefficient (Wildman–Crippen LogP) is 1.33. The highest BCUT2D eigenvalue weighted by atomic mass is 16.5. The average molecular weight is 137 g/mol. The lowest BCUT2D eigenvalue weighted by atomic mass is 9.75. The van der Waals surface area contributed by atoms with Gasteiger partial charge in [0.15, 0.2) is 0 Å². The second kappa shape index (κ2) is 2.25. The van der Waals surface area contributed by atoms with Crippen molar-refractivity contribution in [3.05, 3.63) is 0 Å². The van der Waals surface area contributed by atoms with E-state index in [1.54, 1.807) is 0 Å². The van der Waals surface area contributed by atoms with Crippen molar-refractivity contribution in [1.82, 2.24) is 0 Å². The number of nitrogens with zero attached hydrogens (tertiary/aromatic N) is 1. The van der Waals surface area contributed by atoms with Crippen LogP contribution in [0.5, 0.6) is 0 Å². The second-order valence-electron chi connectivity index (χ2n) is 3.27. The maximum absolute atomic E-state index is 8.59. The highest BCUT2D eigenvalue weighted by Gasteiger charge is 2.37. The van der Waals surface area contributed by atoms with Crippen LogP contribution in [0.1, 0.15) is 19.3 Å². The Morgan fingerprint density at radius 3 is 2.80 bits per heavy atom. The molecule has 0 spiro atoms. The van der Waals surface area contributed by atoms with E-state index in [9.17, 15) is 0 Å². The van der Waals surface area contributed by atoms with Crippen molar-refractivity contribution in [3.8, 4) is 6.07 Å². The van der Waals surface area contributed by atoms with Gasteiger partial charge in [0.1, 0.15) is 0 Å². The molecule has 1 aliphatic heterocycles. The fourth-order valence-corrected chi connectivity index (χ4v) is 1.79. The van der Waals surface area contributed by atoms with Gasteiger partial charge in [0.2, 0.25) is 0 Å². The van der Waals surface area contributed by atoms with E-state index in [1.807, 2.05) is 0 Å². The maximum Gasteiger partial charge on any atom is 0.0701 e. The summed E-state index contributed by atoms with van der Waals surface area (Å²) in [6.07, 6.45) is 4.11. The van der Waals surface area contributed by atoms with Gasteiger partial charge in [0.05, 0.1) is 24.7 Å². The Kier molecular flexibility index (Phi) is 1.39. The minimum absolute atomic E-state index is 0.182. The van der Waals surface area contributed by atoms with E-state index in [4.69, 9.17) is 10.00 Å². The molecule has 2 rings (SSSR count). The summed E-state index contributed by atoms with van der Waals surface area (Å²) in [6.45, 7) is 0.678. The lowest BCUT2D eigenvalue weighted by Gasteiger charge is -2.41. The Labute approximate surface area is 60.8 Å². The molecule has 54 valence electrons. The zero-order valence-corrected chi connectivity index (χ0v) is 5.92. The number of rotatable bonds is 0. The largest absolute Gasteiger partial charge is 0.377 e. The third-order valence-electron chi connectivity index (χ3n) is 2.63. The molecule has 0 amide bonds. The van der Waals surface area contributed by atoms with Crippen LogP contribution in [0.15, 0.2) is 0 Å². The summed E-state index contributed by atoms with van der Waals surface area (Å²) in [5, 5.41) is 8.59. The molecule has 2 fully saturated rings. The number of hydrogen-bond donors (Lipinski definition) is 0. The van der Waals surface area contributed by atoms with Gasteiger partial charge in [-0.2, -0.15) is 5.26 Å².